The fourth-order valence-electron chi connectivity index (χ4n) is 2.32. The molecule has 0 spiro atoms. The number of aliphatic hydroxyl groups is 1. The van der Waals surface area contributed by atoms with E-state index in [4.69, 9.17) is 0 Å². The van der Waals surface area contributed by atoms with Crippen LogP contribution in [0, 0.1) is 11.8 Å². The van der Waals surface area contributed by atoms with E-state index < -0.39 is 0 Å². The zero-order chi connectivity index (χ0) is 11.4. The van der Waals surface area contributed by atoms with Gasteiger partial charge in [0.25, 0.3) is 0 Å². The maximum Gasteiger partial charge on any atom is 0.0744 e. The molecule has 1 heteroatoms. The maximum atomic E-state index is 9.71. The Labute approximate surface area is 93.9 Å². The van der Waals surface area contributed by atoms with Crippen LogP contribution < -0.4 is 0 Å². The zero-order valence-electron chi connectivity index (χ0n) is 10.5. The van der Waals surface area contributed by atoms with Crippen LogP contribution in [-0.4, -0.2) is 11.2 Å². The first kappa shape index (κ1) is 12.5. The second-order valence-electron chi connectivity index (χ2n) is 4.97. The maximum absolute atomic E-state index is 9.71. The highest BCUT2D eigenvalue weighted by Gasteiger charge is 2.19. The minimum absolute atomic E-state index is 0.246. The van der Waals surface area contributed by atoms with E-state index in [1.165, 1.54) is 12.0 Å². The summed E-state index contributed by atoms with van der Waals surface area (Å²) in [6.07, 6.45) is 7.54. The zero-order valence-corrected chi connectivity index (χ0v) is 10.5. The summed E-state index contributed by atoms with van der Waals surface area (Å²) in [4.78, 5) is 0. The van der Waals surface area contributed by atoms with E-state index in [0.29, 0.717) is 11.8 Å². The fraction of sp³-hybridized carbons (Fsp3) is 0.714. The van der Waals surface area contributed by atoms with Crippen LogP contribution in [0.1, 0.15) is 47.0 Å². The lowest BCUT2D eigenvalue weighted by Crippen LogP contribution is -2.16. The molecule has 3 atom stereocenters. The van der Waals surface area contributed by atoms with E-state index in [-0.39, 0.29) is 6.10 Å². The van der Waals surface area contributed by atoms with Crippen molar-refractivity contribution in [3.05, 3.63) is 23.3 Å². The van der Waals surface area contributed by atoms with E-state index in [1.807, 2.05) is 13.8 Å². The van der Waals surface area contributed by atoms with E-state index in [2.05, 4.69) is 26.0 Å². The van der Waals surface area contributed by atoms with E-state index in [9.17, 15) is 5.11 Å². The highest BCUT2D eigenvalue weighted by atomic mass is 16.3. The van der Waals surface area contributed by atoms with Gasteiger partial charge in [-0.3, -0.25) is 0 Å². The number of aliphatic hydroxyl groups excluding tert-OH is 1. The van der Waals surface area contributed by atoms with Crippen LogP contribution in [0.15, 0.2) is 23.3 Å². The minimum atomic E-state index is -0.246. The molecule has 1 aliphatic carbocycles. The van der Waals surface area contributed by atoms with E-state index in [1.54, 1.807) is 0 Å². The molecular weight excluding hydrogens is 184 g/mol. The Balaban J connectivity index is 2.66. The Morgan fingerprint density at radius 1 is 1.67 bits per heavy atom. The molecular formula is C14H24O. The molecule has 0 aromatic rings. The van der Waals surface area contributed by atoms with Gasteiger partial charge in [0.05, 0.1) is 6.10 Å². The van der Waals surface area contributed by atoms with Gasteiger partial charge in [-0.25, -0.2) is 0 Å². The molecule has 1 nitrogen and oxygen atoms in total. The standard InChI is InChI=1S/C14H24O/c1-5-14(15)12(4)9-13-7-6-10(2)8-11(13)3/h6,9,11,13-15H,5,7-8H2,1-4H3/b12-9+/t11-,13-,14?/m0/s1. The molecule has 0 amide bonds. The highest BCUT2D eigenvalue weighted by molar-refractivity contribution is 5.13. The van der Waals surface area contributed by atoms with Gasteiger partial charge in [-0.05, 0) is 50.5 Å². The molecule has 0 aromatic heterocycles. The normalized spacial score (nSPS) is 29.9. The van der Waals surface area contributed by atoms with E-state index >= 15 is 0 Å². The van der Waals surface area contributed by atoms with Gasteiger partial charge in [0.1, 0.15) is 0 Å². The number of rotatable bonds is 3. The Morgan fingerprint density at radius 2 is 2.33 bits per heavy atom. The first-order valence-corrected chi connectivity index (χ1v) is 6.06. The summed E-state index contributed by atoms with van der Waals surface area (Å²) >= 11 is 0. The van der Waals surface area contributed by atoms with Crippen molar-refractivity contribution in [2.75, 3.05) is 0 Å². The van der Waals surface area contributed by atoms with Crippen molar-refractivity contribution in [2.45, 2.75) is 53.1 Å². The first-order valence-electron chi connectivity index (χ1n) is 6.06. The van der Waals surface area contributed by atoms with Crippen molar-refractivity contribution in [2.24, 2.45) is 11.8 Å². The van der Waals surface area contributed by atoms with Crippen molar-refractivity contribution >= 4 is 0 Å². The van der Waals surface area contributed by atoms with Gasteiger partial charge in [0.2, 0.25) is 0 Å². The van der Waals surface area contributed by atoms with Crippen LogP contribution >= 0.6 is 0 Å². The monoisotopic (exact) mass is 208 g/mol. The van der Waals surface area contributed by atoms with Gasteiger partial charge < -0.3 is 5.11 Å². The Kier molecular flexibility index (Phi) is 4.59. The van der Waals surface area contributed by atoms with Crippen LogP contribution in [0.3, 0.4) is 0 Å². The lowest BCUT2D eigenvalue weighted by Gasteiger charge is -2.26. The molecule has 15 heavy (non-hydrogen) atoms. The molecule has 1 aliphatic rings. The van der Waals surface area contributed by atoms with Crippen molar-refractivity contribution < 1.29 is 5.11 Å². The molecule has 0 radical (unpaired) electrons. The van der Waals surface area contributed by atoms with Crippen molar-refractivity contribution in [3.63, 3.8) is 0 Å². The van der Waals surface area contributed by atoms with Gasteiger partial charge in [0.15, 0.2) is 0 Å². The molecule has 0 bridgehead atoms. The molecule has 0 aliphatic heterocycles. The predicted molar refractivity (Wildman–Crippen MR) is 65.7 cm³/mol. The Hall–Kier alpha value is -0.560. The van der Waals surface area contributed by atoms with E-state index in [0.717, 1.165) is 18.4 Å². The van der Waals surface area contributed by atoms with Gasteiger partial charge >= 0.3 is 0 Å². The summed E-state index contributed by atoms with van der Waals surface area (Å²) in [7, 11) is 0. The number of hydrogen-bond donors (Lipinski definition) is 1. The number of allylic oxidation sites excluding steroid dienone is 3. The van der Waals surface area contributed by atoms with Crippen LogP contribution in [0.5, 0.6) is 0 Å². The smallest absolute Gasteiger partial charge is 0.0744 e. The summed E-state index contributed by atoms with van der Waals surface area (Å²) in [5.41, 5.74) is 2.66. The predicted octanol–water partition coefficient (Wildman–Crippen LogP) is 3.70. The van der Waals surface area contributed by atoms with Crippen molar-refractivity contribution in [1.29, 1.82) is 0 Å². The molecule has 0 fully saturated rings. The van der Waals surface area contributed by atoms with Gasteiger partial charge in [-0.2, -0.15) is 0 Å². The highest BCUT2D eigenvalue weighted by Crippen LogP contribution is 2.31. The Morgan fingerprint density at radius 3 is 2.87 bits per heavy atom. The average Bonchev–Trinajstić information content (AvgIpc) is 2.20. The van der Waals surface area contributed by atoms with Crippen LogP contribution in [0.4, 0.5) is 0 Å². The second kappa shape index (κ2) is 5.50. The molecule has 86 valence electrons. The molecule has 1 rings (SSSR count). The molecule has 0 saturated carbocycles. The average molecular weight is 208 g/mol. The molecule has 1 unspecified atom stereocenters. The summed E-state index contributed by atoms with van der Waals surface area (Å²) in [5.74, 6) is 1.34. The van der Waals surface area contributed by atoms with Crippen molar-refractivity contribution in [3.8, 4) is 0 Å². The molecule has 0 saturated heterocycles. The van der Waals surface area contributed by atoms with Gasteiger partial charge in [-0.1, -0.05) is 31.6 Å². The van der Waals surface area contributed by atoms with Crippen LogP contribution in [0.25, 0.3) is 0 Å². The summed E-state index contributed by atoms with van der Waals surface area (Å²) in [5, 5.41) is 9.71. The van der Waals surface area contributed by atoms with Crippen molar-refractivity contribution in [1.82, 2.24) is 0 Å². The largest absolute Gasteiger partial charge is 0.389 e. The lowest BCUT2D eigenvalue weighted by molar-refractivity contribution is 0.204. The van der Waals surface area contributed by atoms with Gasteiger partial charge in [-0.15, -0.1) is 0 Å². The van der Waals surface area contributed by atoms with Gasteiger partial charge in [0, 0.05) is 0 Å². The third kappa shape index (κ3) is 3.49. The summed E-state index contributed by atoms with van der Waals surface area (Å²) in [6.45, 7) is 8.59. The third-order valence-corrected chi connectivity index (χ3v) is 3.50. The quantitative estimate of drug-likeness (QED) is 0.701. The Bertz CT molecular complexity index is 263. The topological polar surface area (TPSA) is 20.2 Å². The SMILES string of the molecule is CCC(O)/C(C)=C/[C@@H]1CC=C(C)C[C@@H]1C. The lowest BCUT2D eigenvalue weighted by atomic mass is 9.80. The van der Waals surface area contributed by atoms with Crippen LogP contribution in [0.2, 0.25) is 0 Å². The third-order valence-electron chi connectivity index (χ3n) is 3.50. The summed E-state index contributed by atoms with van der Waals surface area (Å²) in [6, 6.07) is 0. The van der Waals surface area contributed by atoms with Crippen LogP contribution in [-0.2, 0) is 0 Å². The fourth-order valence-corrected chi connectivity index (χ4v) is 2.32. The number of hydrogen-bond acceptors (Lipinski definition) is 1. The minimum Gasteiger partial charge on any atom is -0.389 e. The second-order valence-corrected chi connectivity index (χ2v) is 4.97. The summed E-state index contributed by atoms with van der Waals surface area (Å²) < 4.78 is 0. The molecule has 0 heterocycles. The first-order chi connectivity index (χ1) is 7.04. The molecule has 1 N–H and O–H groups in total. The molecule has 0 aromatic carbocycles.